The number of amides is 2. The van der Waals surface area contributed by atoms with E-state index in [1.54, 1.807) is 32.0 Å². The molecule has 3 rings (SSSR count). The van der Waals surface area contributed by atoms with E-state index in [4.69, 9.17) is 16.3 Å². The first kappa shape index (κ1) is 18.0. The van der Waals surface area contributed by atoms with Gasteiger partial charge in [-0.05, 0) is 50.2 Å². The summed E-state index contributed by atoms with van der Waals surface area (Å²) in [5.74, 6) is -0.708. The van der Waals surface area contributed by atoms with Gasteiger partial charge in [0.2, 0.25) is 5.91 Å². The summed E-state index contributed by atoms with van der Waals surface area (Å²) in [5, 5.41) is 8.49. The van der Waals surface area contributed by atoms with Crippen LogP contribution in [0.1, 0.15) is 13.8 Å². The van der Waals surface area contributed by atoms with Crippen LogP contribution in [0.4, 0.5) is 21.5 Å². The second kappa shape index (κ2) is 7.21. The maximum Gasteiger partial charge on any atom is 0.265 e. The summed E-state index contributed by atoms with van der Waals surface area (Å²) < 4.78 is 19.3. The van der Waals surface area contributed by atoms with E-state index in [-0.39, 0.29) is 16.6 Å². The summed E-state index contributed by atoms with van der Waals surface area (Å²) in [4.78, 5) is 24.0. The first-order valence-electron chi connectivity index (χ1n) is 7.97. The fourth-order valence-electron chi connectivity index (χ4n) is 2.45. The molecule has 3 N–H and O–H groups in total. The standard InChI is InChI=1S/C18H17ClFN3O3/c1-9(17(24)22-14-5-3-11(19)7-13(14)20)21-12-4-6-16-15(8-12)23-18(25)10(2)26-16/h3-10,21H,1-2H3,(H,22,24)(H,23,25). The van der Waals surface area contributed by atoms with Gasteiger partial charge in [-0.3, -0.25) is 9.59 Å². The van der Waals surface area contributed by atoms with Gasteiger partial charge in [-0.2, -0.15) is 0 Å². The van der Waals surface area contributed by atoms with Gasteiger partial charge in [-0.25, -0.2) is 4.39 Å². The average molecular weight is 378 g/mol. The van der Waals surface area contributed by atoms with Crippen LogP contribution in [-0.4, -0.2) is 24.0 Å². The molecule has 1 aliphatic heterocycles. The summed E-state index contributed by atoms with van der Waals surface area (Å²) in [5.41, 5.74) is 1.18. The number of benzene rings is 2. The highest BCUT2D eigenvalue weighted by Gasteiger charge is 2.24. The van der Waals surface area contributed by atoms with E-state index in [0.29, 0.717) is 17.1 Å². The monoisotopic (exact) mass is 377 g/mol. The Morgan fingerprint density at radius 2 is 2.08 bits per heavy atom. The Morgan fingerprint density at radius 1 is 1.31 bits per heavy atom. The molecule has 0 spiro atoms. The van der Waals surface area contributed by atoms with Gasteiger partial charge < -0.3 is 20.7 Å². The summed E-state index contributed by atoms with van der Waals surface area (Å²) >= 11 is 5.70. The maximum atomic E-state index is 13.8. The van der Waals surface area contributed by atoms with E-state index in [1.165, 1.54) is 12.1 Å². The molecule has 26 heavy (non-hydrogen) atoms. The predicted octanol–water partition coefficient (Wildman–Crippen LogP) is 3.64. The van der Waals surface area contributed by atoms with Gasteiger partial charge in [0.25, 0.3) is 5.91 Å². The van der Waals surface area contributed by atoms with Crippen LogP contribution in [0.3, 0.4) is 0 Å². The number of fused-ring (bicyclic) bond motifs is 1. The first-order chi connectivity index (χ1) is 12.3. The Bertz CT molecular complexity index is 875. The van der Waals surface area contributed by atoms with E-state index < -0.39 is 23.9 Å². The molecule has 0 saturated carbocycles. The number of carbonyl (C=O) groups excluding carboxylic acids is 2. The molecule has 8 heteroatoms. The van der Waals surface area contributed by atoms with Crippen molar-refractivity contribution >= 4 is 40.5 Å². The number of hydrogen-bond donors (Lipinski definition) is 3. The molecule has 0 aromatic heterocycles. The summed E-state index contributed by atoms with van der Waals surface area (Å²) in [6, 6.07) is 8.48. The number of rotatable bonds is 4. The zero-order chi connectivity index (χ0) is 18.8. The molecule has 136 valence electrons. The van der Waals surface area contributed by atoms with E-state index in [9.17, 15) is 14.0 Å². The third-order valence-electron chi connectivity index (χ3n) is 3.88. The van der Waals surface area contributed by atoms with Crippen LogP contribution in [0, 0.1) is 5.82 Å². The molecule has 0 radical (unpaired) electrons. The van der Waals surface area contributed by atoms with Crippen LogP contribution >= 0.6 is 11.6 Å². The lowest BCUT2D eigenvalue weighted by Gasteiger charge is -2.24. The van der Waals surface area contributed by atoms with Gasteiger partial charge >= 0.3 is 0 Å². The minimum absolute atomic E-state index is 0.0492. The number of hydrogen-bond acceptors (Lipinski definition) is 4. The lowest BCUT2D eigenvalue weighted by Crippen LogP contribution is -2.34. The number of anilines is 3. The van der Waals surface area contributed by atoms with E-state index in [1.807, 2.05) is 0 Å². The van der Waals surface area contributed by atoms with Crippen molar-refractivity contribution in [3.05, 3.63) is 47.2 Å². The van der Waals surface area contributed by atoms with Gasteiger partial charge in [0.05, 0.1) is 11.4 Å². The summed E-state index contributed by atoms with van der Waals surface area (Å²) in [7, 11) is 0. The molecule has 2 amide bonds. The zero-order valence-electron chi connectivity index (χ0n) is 14.1. The van der Waals surface area contributed by atoms with Gasteiger partial charge in [0.15, 0.2) is 6.10 Å². The van der Waals surface area contributed by atoms with Gasteiger partial charge in [-0.15, -0.1) is 0 Å². The van der Waals surface area contributed by atoms with Gasteiger partial charge in [0.1, 0.15) is 17.6 Å². The van der Waals surface area contributed by atoms with Gasteiger partial charge in [-0.1, -0.05) is 11.6 Å². The molecule has 2 aromatic rings. The van der Waals surface area contributed by atoms with Crippen LogP contribution in [0.5, 0.6) is 5.75 Å². The molecule has 0 fully saturated rings. The van der Waals surface area contributed by atoms with Crippen molar-refractivity contribution in [3.63, 3.8) is 0 Å². The van der Waals surface area contributed by atoms with E-state index in [2.05, 4.69) is 16.0 Å². The Hall–Kier alpha value is -2.80. The van der Waals surface area contributed by atoms with Crippen molar-refractivity contribution in [1.82, 2.24) is 0 Å². The normalized spacial score (nSPS) is 16.8. The maximum absolute atomic E-state index is 13.8. The van der Waals surface area contributed by atoms with Crippen molar-refractivity contribution in [2.45, 2.75) is 26.0 Å². The zero-order valence-corrected chi connectivity index (χ0v) is 14.9. The number of carbonyl (C=O) groups is 2. The highest BCUT2D eigenvalue weighted by molar-refractivity contribution is 6.30. The largest absolute Gasteiger partial charge is 0.479 e. The Morgan fingerprint density at radius 3 is 2.81 bits per heavy atom. The highest BCUT2D eigenvalue weighted by Crippen LogP contribution is 2.32. The summed E-state index contributed by atoms with van der Waals surface area (Å²) in [6.07, 6.45) is -0.555. The fraction of sp³-hybridized carbons (Fsp3) is 0.222. The van der Waals surface area contributed by atoms with Crippen molar-refractivity contribution in [1.29, 1.82) is 0 Å². The van der Waals surface area contributed by atoms with Crippen LogP contribution < -0.4 is 20.7 Å². The fourth-order valence-corrected chi connectivity index (χ4v) is 2.60. The second-order valence-electron chi connectivity index (χ2n) is 5.94. The molecule has 1 aliphatic rings. The summed E-state index contributed by atoms with van der Waals surface area (Å²) in [6.45, 7) is 3.30. The highest BCUT2D eigenvalue weighted by atomic mass is 35.5. The molecular formula is C18H17ClFN3O3. The lowest BCUT2D eigenvalue weighted by atomic mass is 10.2. The molecule has 0 bridgehead atoms. The number of ether oxygens (including phenoxy) is 1. The second-order valence-corrected chi connectivity index (χ2v) is 6.38. The Balaban J connectivity index is 1.68. The van der Waals surface area contributed by atoms with E-state index in [0.717, 1.165) is 6.07 Å². The van der Waals surface area contributed by atoms with Crippen molar-refractivity contribution in [2.75, 3.05) is 16.0 Å². The number of halogens is 2. The minimum atomic E-state index is -0.651. The molecule has 0 saturated heterocycles. The Kier molecular flexibility index (Phi) is 4.99. The Labute approximate surface area is 154 Å². The number of nitrogens with one attached hydrogen (secondary N) is 3. The molecule has 2 unspecified atom stereocenters. The molecular weight excluding hydrogens is 361 g/mol. The van der Waals surface area contributed by atoms with Crippen LogP contribution in [0.2, 0.25) is 5.02 Å². The smallest absolute Gasteiger partial charge is 0.265 e. The third-order valence-corrected chi connectivity index (χ3v) is 4.11. The van der Waals surface area contributed by atoms with Gasteiger partial charge in [0, 0.05) is 10.7 Å². The quantitative estimate of drug-likeness (QED) is 0.760. The average Bonchev–Trinajstić information content (AvgIpc) is 2.58. The first-order valence-corrected chi connectivity index (χ1v) is 8.35. The minimum Gasteiger partial charge on any atom is -0.479 e. The van der Waals surface area contributed by atoms with Crippen LogP contribution in [0.15, 0.2) is 36.4 Å². The SMILES string of the molecule is CC(Nc1ccc2c(c1)NC(=O)C(C)O2)C(=O)Nc1ccc(Cl)cc1F. The van der Waals surface area contributed by atoms with Crippen LogP contribution in [0.25, 0.3) is 0 Å². The molecule has 1 heterocycles. The third kappa shape index (κ3) is 3.88. The van der Waals surface area contributed by atoms with Crippen molar-refractivity contribution < 1.29 is 18.7 Å². The molecule has 0 aliphatic carbocycles. The molecule has 2 aromatic carbocycles. The molecule has 6 nitrogen and oxygen atoms in total. The van der Waals surface area contributed by atoms with Crippen LogP contribution in [-0.2, 0) is 9.59 Å². The molecule has 2 atom stereocenters. The van der Waals surface area contributed by atoms with Crippen molar-refractivity contribution in [3.8, 4) is 5.75 Å². The topological polar surface area (TPSA) is 79.5 Å². The lowest BCUT2D eigenvalue weighted by molar-refractivity contribution is -0.122. The van der Waals surface area contributed by atoms with Crippen molar-refractivity contribution in [2.24, 2.45) is 0 Å². The van der Waals surface area contributed by atoms with E-state index >= 15 is 0 Å². The predicted molar refractivity (Wildman–Crippen MR) is 98.3 cm³/mol.